The van der Waals surface area contributed by atoms with Gasteiger partial charge in [0.25, 0.3) is 5.91 Å². The summed E-state index contributed by atoms with van der Waals surface area (Å²) in [6.07, 6.45) is 2.39. The number of amides is 2. The highest BCUT2D eigenvalue weighted by atomic mass is 35.5. The van der Waals surface area contributed by atoms with E-state index in [-0.39, 0.29) is 23.8 Å². The lowest BCUT2D eigenvalue weighted by atomic mass is 9.90. The lowest BCUT2D eigenvalue weighted by Gasteiger charge is -2.30. The number of carbonyl (C=O) groups excluding carboxylic acids is 2. The number of rotatable bonds is 1. The van der Waals surface area contributed by atoms with Crippen LogP contribution in [0.1, 0.15) is 19.3 Å². The third-order valence-electron chi connectivity index (χ3n) is 4.54. The Morgan fingerprint density at radius 2 is 1.86 bits per heavy atom. The molecular weight excluding hydrogens is 292 g/mol. The molecule has 1 aromatic rings. The minimum atomic E-state index is -0.656. The quantitative estimate of drug-likeness (QED) is 0.745. The van der Waals surface area contributed by atoms with Crippen molar-refractivity contribution in [3.8, 4) is 0 Å². The number of fused-ring (bicyclic) bond motifs is 3. The SMILES string of the molecule is O=C1[C@H]2[C@H](ON3CCCC[C@H]23)C(=O)N1c1ccc(Cl)cc1. The molecule has 110 valence electrons. The van der Waals surface area contributed by atoms with Crippen molar-refractivity contribution in [1.29, 1.82) is 0 Å². The molecule has 0 aromatic heterocycles. The Kier molecular flexibility index (Phi) is 3.03. The number of imide groups is 1. The third kappa shape index (κ3) is 1.92. The van der Waals surface area contributed by atoms with Crippen molar-refractivity contribution in [2.24, 2.45) is 5.92 Å². The van der Waals surface area contributed by atoms with Crippen LogP contribution in [0, 0.1) is 5.92 Å². The van der Waals surface area contributed by atoms with Gasteiger partial charge in [-0.2, -0.15) is 5.06 Å². The highest BCUT2D eigenvalue weighted by molar-refractivity contribution is 6.31. The smallest absolute Gasteiger partial charge is 0.265 e. The minimum Gasteiger partial charge on any atom is -0.284 e. The standard InChI is InChI=1S/C15H15ClN2O3/c16-9-4-6-10(7-5-9)18-14(19)12-11-3-1-2-8-17(11)21-13(12)15(18)20/h4-7,11-13H,1-3,8H2/t11-,12-,13+/m1/s1. The lowest BCUT2D eigenvalue weighted by Crippen LogP contribution is -2.42. The predicted molar refractivity (Wildman–Crippen MR) is 76.7 cm³/mol. The Morgan fingerprint density at radius 3 is 2.62 bits per heavy atom. The van der Waals surface area contributed by atoms with E-state index in [4.69, 9.17) is 16.4 Å². The fourth-order valence-electron chi connectivity index (χ4n) is 3.56. The molecule has 0 spiro atoms. The second-order valence-corrected chi connectivity index (χ2v) is 6.18. The maximum Gasteiger partial charge on any atom is 0.265 e. The van der Waals surface area contributed by atoms with E-state index in [1.165, 1.54) is 4.90 Å². The largest absolute Gasteiger partial charge is 0.284 e. The average molecular weight is 307 g/mol. The molecule has 3 aliphatic heterocycles. The minimum absolute atomic E-state index is 0.0394. The molecule has 0 N–H and O–H groups in total. The molecule has 3 aliphatic rings. The molecule has 0 unspecified atom stereocenters. The Morgan fingerprint density at radius 1 is 1.10 bits per heavy atom. The van der Waals surface area contributed by atoms with Gasteiger partial charge in [0.05, 0.1) is 17.6 Å². The number of hydrogen-bond donors (Lipinski definition) is 0. The first-order valence-corrected chi connectivity index (χ1v) is 7.61. The average Bonchev–Trinajstić information content (AvgIpc) is 2.98. The first-order valence-electron chi connectivity index (χ1n) is 7.23. The summed E-state index contributed by atoms with van der Waals surface area (Å²) in [5.74, 6) is -0.781. The van der Waals surface area contributed by atoms with Crippen molar-refractivity contribution in [3.63, 3.8) is 0 Å². The van der Waals surface area contributed by atoms with Crippen LogP contribution in [0.15, 0.2) is 24.3 Å². The van der Waals surface area contributed by atoms with Crippen molar-refractivity contribution in [3.05, 3.63) is 29.3 Å². The zero-order valence-electron chi connectivity index (χ0n) is 11.4. The van der Waals surface area contributed by atoms with Crippen LogP contribution >= 0.6 is 11.6 Å². The molecule has 2 amide bonds. The zero-order valence-corrected chi connectivity index (χ0v) is 12.1. The van der Waals surface area contributed by atoms with Crippen molar-refractivity contribution >= 4 is 29.1 Å². The molecule has 3 atom stereocenters. The van der Waals surface area contributed by atoms with Crippen LogP contribution in [0.25, 0.3) is 0 Å². The topological polar surface area (TPSA) is 49.9 Å². The number of piperidine rings is 1. The third-order valence-corrected chi connectivity index (χ3v) is 4.79. The number of carbonyl (C=O) groups is 2. The van der Waals surface area contributed by atoms with Gasteiger partial charge in [-0.15, -0.1) is 0 Å². The number of benzene rings is 1. The van der Waals surface area contributed by atoms with Crippen molar-refractivity contribution in [2.45, 2.75) is 31.4 Å². The number of anilines is 1. The van der Waals surface area contributed by atoms with Gasteiger partial charge in [0.2, 0.25) is 5.91 Å². The molecule has 3 fully saturated rings. The first-order chi connectivity index (χ1) is 10.2. The maximum atomic E-state index is 12.7. The van der Waals surface area contributed by atoms with E-state index in [9.17, 15) is 9.59 Å². The molecule has 21 heavy (non-hydrogen) atoms. The molecule has 0 bridgehead atoms. The van der Waals surface area contributed by atoms with Gasteiger partial charge in [-0.3, -0.25) is 14.4 Å². The number of nitrogens with zero attached hydrogens (tertiary/aromatic N) is 2. The van der Waals surface area contributed by atoms with Gasteiger partial charge in [0, 0.05) is 11.6 Å². The summed E-state index contributed by atoms with van der Waals surface area (Å²) < 4.78 is 0. The van der Waals surface area contributed by atoms with Crippen LogP contribution in [0.5, 0.6) is 0 Å². The Balaban J connectivity index is 1.66. The van der Waals surface area contributed by atoms with Crippen molar-refractivity contribution < 1.29 is 14.4 Å². The van der Waals surface area contributed by atoms with Crippen LogP contribution in [0.2, 0.25) is 5.02 Å². The molecule has 3 heterocycles. The maximum absolute atomic E-state index is 12.7. The first kappa shape index (κ1) is 13.2. The molecule has 0 aliphatic carbocycles. The molecule has 5 nitrogen and oxygen atoms in total. The van der Waals surface area contributed by atoms with Crippen LogP contribution < -0.4 is 4.90 Å². The highest BCUT2D eigenvalue weighted by Gasteiger charge is 2.59. The fraction of sp³-hybridized carbons (Fsp3) is 0.467. The van der Waals surface area contributed by atoms with E-state index >= 15 is 0 Å². The van der Waals surface area contributed by atoms with Crippen LogP contribution in [-0.2, 0) is 14.4 Å². The van der Waals surface area contributed by atoms with Gasteiger partial charge >= 0.3 is 0 Å². The van der Waals surface area contributed by atoms with Crippen molar-refractivity contribution in [2.75, 3.05) is 11.4 Å². The van der Waals surface area contributed by atoms with Gasteiger partial charge in [-0.25, -0.2) is 4.90 Å². The van der Waals surface area contributed by atoms with Gasteiger partial charge in [-0.1, -0.05) is 18.0 Å². The van der Waals surface area contributed by atoms with Crippen LogP contribution in [0.3, 0.4) is 0 Å². The fourth-order valence-corrected chi connectivity index (χ4v) is 3.68. The van der Waals surface area contributed by atoms with Gasteiger partial charge < -0.3 is 0 Å². The molecule has 6 heteroatoms. The van der Waals surface area contributed by atoms with Gasteiger partial charge in [0.1, 0.15) is 0 Å². The van der Waals surface area contributed by atoms with Crippen LogP contribution in [0.4, 0.5) is 5.69 Å². The second kappa shape index (κ2) is 4.80. The Labute approximate surface area is 127 Å². The predicted octanol–water partition coefficient (Wildman–Crippen LogP) is 2.00. The molecule has 0 radical (unpaired) electrons. The molecular formula is C15H15ClN2O3. The van der Waals surface area contributed by atoms with E-state index in [1.54, 1.807) is 24.3 Å². The van der Waals surface area contributed by atoms with Gasteiger partial charge in [0.15, 0.2) is 6.10 Å². The lowest BCUT2D eigenvalue weighted by molar-refractivity contribution is -0.177. The van der Waals surface area contributed by atoms with Gasteiger partial charge in [-0.05, 0) is 37.1 Å². The van der Waals surface area contributed by atoms with E-state index < -0.39 is 6.10 Å². The normalized spacial score (nSPS) is 32.4. The number of hydrogen-bond acceptors (Lipinski definition) is 4. The summed E-state index contributed by atoms with van der Waals surface area (Å²) in [5, 5.41) is 2.42. The Hall–Kier alpha value is -1.43. The number of hydroxylamine groups is 2. The summed E-state index contributed by atoms with van der Waals surface area (Å²) in [6, 6.07) is 6.78. The van der Waals surface area contributed by atoms with E-state index in [1.807, 2.05) is 5.06 Å². The molecule has 3 saturated heterocycles. The molecule has 0 saturated carbocycles. The highest BCUT2D eigenvalue weighted by Crippen LogP contribution is 2.41. The van der Waals surface area contributed by atoms with Crippen molar-refractivity contribution in [1.82, 2.24) is 5.06 Å². The summed E-state index contributed by atoms with van der Waals surface area (Å²) in [4.78, 5) is 32.2. The summed E-state index contributed by atoms with van der Waals surface area (Å²) in [5.41, 5.74) is 0.565. The van der Waals surface area contributed by atoms with Crippen LogP contribution in [-0.4, -0.2) is 35.6 Å². The molecule has 4 rings (SSSR count). The van der Waals surface area contributed by atoms with E-state index in [0.717, 1.165) is 25.8 Å². The Bertz CT molecular complexity index is 603. The summed E-state index contributed by atoms with van der Waals surface area (Å²) in [6.45, 7) is 0.805. The second-order valence-electron chi connectivity index (χ2n) is 5.74. The number of halogens is 1. The molecule has 1 aromatic carbocycles. The summed E-state index contributed by atoms with van der Waals surface area (Å²) in [7, 11) is 0. The van der Waals surface area contributed by atoms with E-state index in [0.29, 0.717) is 10.7 Å². The monoisotopic (exact) mass is 306 g/mol. The summed E-state index contributed by atoms with van der Waals surface area (Å²) >= 11 is 5.86. The van der Waals surface area contributed by atoms with E-state index in [2.05, 4.69) is 0 Å². The zero-order chi connectivity index (χ0) is 14.6.